The molecule has 1 unspecified atom stereocenters. The molecule has 26 heavy (non-hydrogen) atoms. The lowest BCUT2D eigenvalue weighted by atomic mass is 9.89. The Morgan fingerprint density at radius 2 is 1.88 bits per heavy atom. The van der Waals surface area contributed by atoms with Crippen molar-refractivity contribution in [1.82, 2.24) is 4.90 Å². The van der Waals surface area contributed by atoms with Gasteiger partial charge >= 0.3 is 5.97 Å². The van der Waals surface area contributed by atoms with Crippen molar-refractivity contribution >= 4 is 46.7 Å². The minimum absolute atomic E-state index is 0.280. The van der Waals surface area contributed by atoms with E-state index in [1.807, 2.05) is 0 Å². The lowest BCUT2D eigenvalue weighted by molar-refractivity contribution is -0.151. The summed E-state index contributed by atoms with van der Waals surface area (Å²) in [6, 6.07) is 4.51. The van der Waals surface area contributed by atoms with E-state index in [1.54, 1.807) is 30.0 Å². The summed E-state index contributed by atoms with van der Waals surface area (Å²) in [4.78, 5) is 40.2. The predicted molar refractivity (Wildman–Crippen MR) is 98.5 cm³/mol. The molecule has 2 amide bonds. The van der Waals surface area contributed by atoms with Crippen LogP contribution in [0.1, 0.15) is 26.2 Å². The summed E-state index contributed by atoms with van der Waals surface area (Å²) in [5, 5.41) is 10.1. The number of hydrogen-bond donors (Lipinski definition) is 1. The van der Waals surface area contributed by atoms with Crippen LogP contribution in [-0.4, -0.2) is 46.9 Å². The van der Waals surface area contributed by atoms with Crippen molar-refractivity contribution < 1.29 is 19.5 Å². The van der Waals surface area contributed by atoms with Gasteiger partial charge in [0.1, 0.15) is 5.92 Å². The fourth-order valence-electron chi connectivity index (χ4n) is 3.80. The summed E-state index contributed by atoms with van der Waals surface area (Å²) in [6.07, 6.45) is 1.58. The van der Waals surface area contributed by atoms with E-state index in [1.165, 1.54) is 4.90 Å². The molecule has 2 aliphatic rings. The molecule has 2 fully saturated rings. The Balaban J connectivity index is 1.76. The molecule has 2 aliphatic heterocycles. The zero-order valence-corrected chi connectivity index (χ0v) is 15.8. The third-order valence-electron chi connectivity index (χ3n) is 5.31. The normalized spacial score (nSPS) is 26.3. The van der Waals surface area contributed by atoms with Gasteiger partial charge in [0.15, 0.2) is 0 Å². The van der Waals surface area contributed by atoms with Crippen LogP contribution in [0, 0.1) is 11.8 Å². The van der Waals surface area contributed by atoms with E-state index >= 15 is 0 Å². The van der Waals surface area contributed by atoms with Crippen LogP contribution < -0.4 is 4.90 Å². The lowest BCUT2D eigenvalue weighted by Crippen LogP contribution is -2.52. The SMILES string of the molecule is C[C@@H]1[C@H](C(=O)O)CCCN1C(=O)C1CCN(c2ccc(Cl)c(Cl)c2)C1=O. The van der Waals surface area contributed by atoms with Crippen LogP contribution in [0.3, 0.4) is 0 Å². The first kappa shape index (κ1) is 19.0. The van der Waals surface area contributed by atoms with Gasteiger partial charge in [-0.3, -0.25) is 14.4 Å². The van der Waals surface area contributed by atoms with Crippen molar-refractivity contribution in [2.45, 2.75) is 32.2 Å². The average Bonchev–Trinajstić information content (AvgIpc) is 2.98. The molecule has 0 bridgehead atoms. The van der Waals surface area contributed by atoms with Crippen LogP contribution in [-0.2, 0) is 14.4 Å². The Hall–Kier alpha value is -1.79. The highest BCUT2D eigenvalue weighted by molar-refractivity contribution is 6.42. The number of carboxylic acid groups (broad SMARTS) is 1. The van der Waals surface area contributed by atoms with E-state index in [-0.39, 0.29) is 11.8 Å². The molecule has 140 valence electrons. The Labute approximate surface area is 161 Å². The van der Waals surface area contributed by atoms with Crippen molar-refractivity contribution in [2.24, 2.45) is 11.8 Å². The van der Waals surface area contributed by atoms with E-state index < -0.39 is 23.8 Å². The van der Waals surface area contributed by atoms with E-state index in [9.17, 15) is 19.5 Å². The smallest absolute Gasteiger partial charge is 0.308 e. The van der Waals surface area contributed by atoms with Gasteiger partial charge in [-0.15, -0.1) is 0 Å². The molecule has 1 aromatic rings. The number of benzene rings is 1. The van der Waals surface area contributed by atoms with Crippen molar-refractivity contribution in [2.75, 3.05) is 18.0 Å². The third-order valence-corrected chi connectivity index (χ3v) is 6.05. The zero-order valence-electron chi connectivity index (χ0n) is 14.3. The van der Waals surface area contributed by atoms with Crippen molar-refractivity contribution in [3.63, 3.8) is 0 Å². The van der Waals surface area contributed by atoms with Crippen LogP contribution in [0.4, 0.5) is 5.69 Å². The second-order valence-electron chi connectivity index (χ2n) is 6.79. The van der Waals surface area contributed by atoms with Gasteiger partial charge in [-0.2, -0.15) is 0 Å². The van der Waals surface area contributed by atoms with Crippen LogP contribution in [0.15, 0.2) is 18.2 Å². The Morgan fingerprint density at radius 1 is 1.15 bits per heavy atom. The Morgan fingerprint density at radius 3 is 2.54 bits per heavy atom. The number of carbonyl (C=O) groups excluding carboxylic acids is 2. The minimum atomic E-state index is -0.898. The summed E-state index contributed by atoms with van der Waals surface area (Å²) < 4.78 is 0. The fourth-order valence-corrected chi connectivity index (χ4v) is 4.10. The van der Waals surface area contributed by atoms with Gasteiger partial charge < -0.3 is 14.9 Å². The Bertz CT molecular complexity index is 755. The van der Waals surface area contributed by atoms with E-state index in [0.29, 0.717) is 48.1 Å². The van der Waals surface area contributed by atoms with Crippen molar-refractivity contribution in [1.29, 1.82) is 0 Å². The molecule has 3 rings (SSSR count). The number of nitrogens with zero attached hydrogens (tertiary/aromatic N) is 2. The first-order valence-corrected chi connectivity index (χ1v) is 9.36. The number of carboxylic acids is 1. The van der Waals surface area contributed by atoms with Crippen LogP contribution >= 0.6 is 23.2 Å². The first-order valence-electron chi connectivity index (χ1n) is 8.61. The molecule has 0 spiro atoms. The van der Waals surface area contributed by atoms with Crippen LogP contribution in [0.2, 0.25) is 10.0 Å². The summed E-state index contributed by atoms with van der Waals surface area (Å²) in [6.45, 7) is 2.64. The Kier molecular flexibility index (Phi) is 5.44. The van der Waals surface area contributed by atoms with E-state index in [0.717, 1.165) is 0 Å². The minimum Gasteiger partial charge on any atom is -0.481 e. The lowest BCUT2D eigenvalue weighted by Gasteiger charge is -2.38. The topological polar surface area (TPSA) is 77.9 Å². The van der Waals surface area contributed by atoms with Crippen molar-refractivity contribution in [3.8, 4) is 0 Å². The summed E-state index contributed by atoms with van der Waals surface area (Å²) in [7, 11) is 0. The first-order chi connectivity index (χ1) is 12.3. The van der Waals surface area contributed by atoms with Gasteiger partial charge in [0.2, 0.25) is 11.8 Å². The summed E-state index contributed by atoms with van der Waals surface area (Å²) in [5.41, 5.74) is 0.606. The number of amides is 2. The molecule has 1 N–H and O–H groups in total. The predicted octanol–water partition coefficient (Wildman–Crippen LogP) is 3.06. The van der Waals surface area contributed by atoms with Gasteiger partial charge in [0.05, 0.1) is 16.0 Å². The summed E-state index contributed by atoms with van der Waals surface area (Å²) >= 11 is 11.9. The number of carbonyl (C=O) groups is 3. The highest BCUT2D eigenvalue weighted by Crippen LogP contribution is 2.33. The third kappa shape index (κ3) is 3.40. The number of anilines is 1. The van der Waals surface area contributed by atoms with E-state index in [2.05, 4.69) is 0 Å². The quantitative estimate of drug-likeness (QED) is 0.793. The second-order valence-corrected chi connectivity index (χ2v) is 7.60. The van der Waals surface area contributed by atoms with Gasteiger partial charge in [0.25, 0.3) is 0 Å². The number of halogens is 2. The van der Waals surface area contributed by atoms with Crippen LogP contribution in [0.25, 0.3) is 0 Å². The summed E-state index contributed by atoms with van der Waals surface area (Å²) in [5.74, 6) is -2.82. The number of likely N-dealkylation sites (tertiary alicyclic amines) is 1. The molecular formula is C18H20Cl2N2O4. The standard InChI is InChI=1S/C18H20Cl2N2O4/c1-10-12(18(25)26)3-2-7-21(10)16(23)13-6-8-22(17(13)24)11-4-5-14(19)15(20)9-11/h4-5,9-10,12-13H,2-3,6-8H2,1H3,(H,25,26)/t10-,12-,13?/m1/s1. The number of piperidine rings is 1. The van der Waals surface area contributed by atoms with Gasteiger partial charge in [-0.1, -0.05) is 23.2 Å². The maximum atomic E-state index is 12.9. The molecule has 6 nitrogen and oxygen atoms in total. The maximum Gasteiger partial charge on any atom is 0.308 e. The number of rotatable bonds is 3. The molecule has 2 saturated heterocycles. The highest BCUT2D eigenvalue weighted by Gasteiger charge is 2.43. The van der Waals surface area contributed by atoms with Crippen LogP contribution in [0.5, 0.6) is 0 Å². The molecule has 8 heteroatoms. The number of aliphatic carboxylic acids is 1. The number of hydrogen-bond acceptors (Lipinski definition) is 3. The molecule has 0 aromatic heterocycles. The molecule has 2 heterocycles. The molecule has 0 aliphatic carbocycles. The van der Waals surface area contributed by atoms with Crippen molar-refractivity contribution in [3.05, 3.63) is 28.2 Å². The molecular weight excluding hydrogens is 379 g/mol. The molecule has 3 atom stereocenters. The average molecular weight is 399 g/mol. The van der Waals surface area contributed by atoms with Gasteiger partial charge in [-0.05, 0) is 44.4 Å². The fraction of sp³-hybridized carbons (Fsp3) is 0.500. The molecule has 0 radical (unpaired) electrons. The zero-order chi connectivity index (χ0) is 19.0. The van der Waals surface area contributed by atoms with E-state index in [4.69, 9.17) is 23.2 Å². The molecule has 1 aromatic carbocycles. The largest absolute Gasteiger partial charge is 0.481 e. The van der Waals surface area contributed by atoms with Gasteiger partial charge in [-0.25, -0.2) is 0 Å². The van der Waals surface area contributed by atoms with Gasteiger partial charge in [0, 0.05) is 24.8 Å². The highest BCUT2D eigenvalue weighted by atomic mass is 35.5. The second kappa shape index (κ2) is 7.45. The molecule has 0 saturated carbocycles. The maximum absolute atomic E-state index is 12.9. The monoisotopic (exact) mass is 398 g/mol.